The summed E-state index contributed by atoms with van der Waals surface area (Å²) in [5.74, 6) is 0. The monoisotopic (exact) mass is 312 g/mol. The van der Waals surface area contributed by atoms with Crippen molar-refractivity contribution in [3.05, 3.63) is 21.6 Å². The van der Waals surface area contributed by atoms with Gasteiger partial charge in [0.05, 0.1) is 0 Å². The van der Waals surface area contributed by atoms with Crippen molar-refractivity contribution in [3.8, 4) is 0 Å². The summed E-state index contributed by atoms with van der Waals surface area (Å²) in [6.07, 6.45) is 5.55. The second-order valence-electron chi connectivity index (χ2n) is 3.94. The molecule has 0 aliphatic heterocycles. The molecule has 0 spiro atoms. The number of hydrogen-bond donors (Lipinski definition) is 0. The summed E-state index contributed by atoms with van der Waals surface area (Å²) < 4.78 is 5.89. The van der Waals surface area contributed by atoms with E-state index in [1.54, 1.807) is 0 Å². The van der Waals surface area contributed by atoms with Crippen molar-refractivity contribution in [2.24, 2.45) is 4.63 Å². The van der Waals surface area contributed by atoms with Crippen LogP contribution in [0.3, 0.4) is 0 Å². The molecule has 1 aliphatic rings. The Kier molecular flexibility index (Phi) is 16.9. The maximum Gasteiger partial charge on any atom is -1.00 e. The van der Waals surface area contributed by atoms with Crippen molar-refractivity contribution in [3.63, 3.8) is 0 Å². The predicted molar refractivity (Wildman–Crippen MR) is 61.5 cm³/mol. The second-order valence-corrected chi connectivity index (χ2v) is 7.03. The minimum Gasteiger partial charge on any atom is -1.00 e. The fourth-order valence-corrected chi connectivity index (χ4v) is 2.48. The SMILES string of the molecule is CC(C)N=[Si](C)C.CC1=[C]([Ti+2])CC=C1.[Cl-].[Cl-]. The Balaban J connectivity index is -0.000000188. The second kappa shape index (κ2) is 12.3. The van der Waals surface area contributed by atoms with Gasteiger partial charge in [-0.05, 0) is 26.9 Å². The van der Waals surface area contributed by atoms with E-state index in [9.17, 15) is 0 Å². The third-order valence-electron chi connectivity index (χ3n) is 1.68. The molecule has 0 radical (unpaired) electrons. The number of rotatable bonds is 1. The van der Waals surface area contributed by atoms with Gasteiger partial charge in [-0.3, -0.25) is 0 Å². The van der Waals surface area contributed by atoms with Crippen molar-refractivity contribution in [1.29, 1.82) is 0 Å². The van der Waals surface area contributed by atoms with Gasteiger partial charge in [0.1, 0.15) is 8.59 Å². The van der Waals surface area contributed by atoms with Gasteiger partial charge < -0.3 is 29.4 Å². The summed E-state index contributed by atoms with van der Waals surface area (Å²) in [4.78, 5) is 0. The molecule has 0 saturated heterocycles. The molecule has 0 aromatic heterocycles. The van der Waals surface area contributed by atoms with Gasteiger partial charge in [0.25, 0.3) is 0 Å². The van der Waals surface area contributed by atoms with Gasteiger partial charge in [-0.15, -0.1) is 0 Å². The van der Waals surface area contributed by atoms with E-state index >= 15 is 0 Å². The van der Waals surface area contributed by atoms with Crippen molar-refractivity contribution in [2.75, 3.05) is 0 Å². The fraction of sp³-hybridized carbons (Fsp3) is 0.636. The van der Waals surface area contributed by atoms with Gasteiger partial charge in [-0.2, -0.15) is 0 Å². The zero-order chi connectivity index (χ0) is 11.1. The first-order chi connectivity index (χ1) is 6.43. The topological polar surface area (TPSA) is 12.4 Å². The first-order valence-electron chi connectivity index (χ1n) is 5.02. The smallest absolute Gasteiger partial charge is 1.00 e. The quantitative estimate of drug-likeness (QED) is 0.483. The Labute approximate surface area is 126 Å². The molecule has 5 heteroatoms. The summed E-state index contributed by atoms with van der Waals surface area (Å²) in [6.45, 7) is 10.8. The summed E-state index contributed by atoms with van der Waals surface area (Å²) in [6, 6.07) is 0.545. The Bertz CT molecular complexity index is 269. The van der Waals surface area contributed by atoms with Crippen LogP contribution in [0.1, 0.15) is 27.2 Å². The molecule has 0 unspecified atom stereocenters. The summed E-state index contributed by atoms with van der Waals surface area (Å²) >= 11 is 2.18. The van der Waals surface area contributed by atoms with Crippen LogP contribution < -0.4 is 24.8 Å². The largest absolute Gasteiger partial charge is 1.00 e. The molecule has 0 amide bonds. The standard InChI is InChI=1S/C6H7.C5H13NSi.2ClH.Ti/c1-6-4-2-3-5-6;1-5(2)6-7(3)4;;;/h2,4H,3H2,1H3;5H,1-4H3;2*1H;/q;;;;+2/p-2. The van der Waals surface area contributed by atoms with Gasteiger partial charge in [0.15, 0.2) is 0 Å². The van der Waals surface area contributed by atoms with Crippen LogP contribution in [-0.2, 0) is 20.4 Å². The van der Waals surface area contributed by atoms with Crippen molar-refractivity contribution in [2.45, 2.75) is 46.3 Å². The van der Waals surface area contributed by atoms with Crippen LogP contribution in [0.2, 0.25) is 13.1 Å². The van der Waals surface area contributed by atoms with E-state index in [1.165, 1.54) is 15.9 Å². The third kappa shape index (κ3) is 12.9. The van der Waals surface area contributed by atoms with Crippen LogP contribution in [0.25, 0.3) is 0 Å². The zero-order valence-corrected chi connectivity index (χ0v) is 14.7. The van der Waals surface area contributed by atoms with Crippen LogP contribution in [-0.4, -0.2) is 14.6 Å². The normalized spacial score (nSPS) is 12.5. The first kappa shape index (κ1) is 22.0. The maximum atomic E-state index is 4.38. The zero-order valence-electron chi connectivity index (χ0n) is 10.6. The molecule has 1 rings (SSSR count). The van der Waals surface area contributed by atoms with E-state index in [0.29, 0.717) is 6.04 Å². The average Bonchev–Trinajstić information content (AvgIpc) is 2.34. The Morgan fingerprint density at radius 1 is 1.31 bits per heavy atom. The minimum atomic E-state index is -0.309. The van der Waals surface area contributed by atoms with E-state index in [2.05, 4.69) is 71.1 Å². The van der Waals surface area contributed by atoms with Crippen LogP contribution in [0.5, 0.6) is 0 Å². The van der Waals surface area contributed by atoms with Crippen molar-refractivity contribution < 1.29 is 45.2 Å². The van der Waals surface area contributed by atoms with Gasteiger partial charge in [-0.1, -0.05) is 0 Å². The number of allylic oxidation sites excluding steroid dienone is 4. The van der Waals surface area contributed by atoms with E-state index < -0.39 is 0 Å². The van der Waals surface area contributed by atoms with Crippen molar-refractivity contribution >= 4 is 8.59 Å². The molecule has 0 heterocycles. The van der Waals surface area contributed by atoms with Gasteiger partial charge in [-0.25, -0.2) is 0 Å². The van der Waals surface area contributed by atoms with Crippen LogP contribution in [0.15, 0.2) is 26.2 Å². The molecular formula is C11H20Cl2NSiTi. The molecule has 0 atom stereocenters. The summed E-state index contributed by atoms with van der Waals surface area (Å²) in [7, 11) is -0.309. The Hall–Kier alpha value is 0.791. The molecule has 0 aromatic rings. The molecule has 0 bridgehead atoms. The number of nitrogens with zero attached hydrogens (tertiary/aromatic N) is 1. The summed E-state index contributed by atoms with van der Waals surface area (Å²) in [5.41, 5.74) is 1.44. The molecule has 0 N–H and O–H groups in total. The summed E-state index contributed by atoms with van der Waals surface area (Å²) in [5, 5.41) is 0. The van der Waals surface area contributed by atoms with E-state index in [0.717, 1.165) is 0 Å². The molecular weight excluding hydrogens is 293 g/mol. The molecule has 91 valence electrons. The van der Waals surface area contributed by atoms with Gasteiger partial charge in [0.2, 0.25) is 0 Å². The molecule has 1 aliphatic carbocycles. The minimum absolute atomic E-state index is 0. The number of hydrogen-bond acceptors (Lipinski definition) is 1. The van der Waals surface area contributed by atoms with Gasteiger partial charge >= 0.3 is 55.4 Å². The van der Waals surface area contributed by atoms with Gasteiger partial charge in [0, 0.05) is 6.04 Å². The molecule has 0 saturated carbocycles. The average molecular weight is 313 g/mol. The van der Waals surface area contributed by atoms with Crippen LogP contribution in [0, 0.1) is 0 Å². The molecule has 16 heavy (non-hydrogen) atoms. The van der Waals surface area contributed by atoms with E-state index in [1.807, 2.05) is 0 Å². The maximum absolute atomic E-state index is 4.38. The van der Waals surface area contributed by atoms with Crippen molar-refractivity contribution in [1.82, 2.24) is 0 Å². The molecule has 1 nitrogen and oxygen atoms in total. The van der Waals surface area contributed by atoms with Crippen LogP contribution >= 0.6 is 0 Å². The Morgan fingerprint density at radius 2 is 1.81 bits per heavy atom. The van der Waals surface area contributed by atoms with Crippen LogP contribution in [0.4, 0.5) is 0 Å². The number of halogens is 2. The first-order valence-corrected chi connectivity index (χ1v) is 8.25. The van der Waals surface area contributed by atoms with E-state index in [-0.39, 0.29) is 33.4 Å². The molecule has 0 aromatic carbocycles. The predicted octanol–water partition coefficient (Wildman–Crippen LogP) is -2.31. The third-order valence-corrected chi connectivity index (χ3v) is 3.65. The van der Waals surface area contributed by atoms with E-state index in [4.69, 9.17) is 0 Å². The Morgan fingerprint density at radius 3 is 1.88 bits per heavy atom. The molecule has 0 fully saturated rings. The fourth-order valence-electron chi connectivity index (χ4n) is 1.13.